The van der Waals surface area contributed by atoms with Crippen molar-refractivity contribution in [2.45, 2.75) is 66.6 Å². The average molecular weight is 620 g/mol. The molecule has 2 N–H and O–H groups in total. The third-order valence-corrected chi connectivity index (χ3v) is 8.59. The molecule has 2 aliphatic rings. The normalized spacial score (nSPS) is 15.6. The van der Waals surface area contributed by atoms with Gasteiger partial charge in [-0.15, -0.1) is 0 Å². The van der Waals surface area contributed by atoms with Crippen LogP contribution in [-0.4, -0.2) is 75.2 Å². The van der Waals surface area contributed by atoms with Gasteiger partial charge in [0.1, 0.15) is 6.54 Å². The lowest BCUT2D eigenvalue weighted by Crippen LogP contribution is -2.40. The van der Waals surface area contributed by atoms with Gasteiger partial charge in [-0.2, -0.15) is 0 Å². The number of amides is 1. The average Bonchev–Trinajstić information content (AvgIpc) is 3.07. The summed E-state index contributed by atoms with van der Waals surface area (Å²) in [5.41, 5.74) is 7.28. The van der Waals surface area contributed by atoms with Crippen LogP contribution in [0.1, 0.15) is 66.4 Å². The van der Waals surface area contributed by atoms with Crippen molar-refractivity contribution < 1.29 is 28.9 Å². The molecule has 2 fully saturated rings. The number of carbonyl (C=O) groups is 1. The van der Waals surface area contributed by atoms with Crippen LogP contribution in [-0.2, 0) is 22.6 Å². The van der Waals surface area contributed by atoms with Crippen LogP contribution >= 0.6 is 0 Å². The van der Waals surface area contributed by atoms with Crippen molar-refractivity contribution in [2.75, 3.05) is 58.1 Å². The Morgan fingerprint density at radius 2 is 1.69 bits per heavy atom. The van der Waals surface area contributed by atoms with E-state index in [0.717, 1.165) is 98.1 Å². The van der Waals surface area contributed by atoms with Gasteiger partial charge in [0.2, 0.25) is 6.20 Å². The fourth-order valence-corrected chi connectivity index (χ4v) is 6.16. The maximum Gasteiger partial charge on any atom is 0.294 e. The minimum absolute atomic E-state index is 0.117. The van der Waals surface area contributed by atoms with E-state index in [-0.39, 0.29) is 12.5 Å². The molecule has 0 unspecified atom stereocenters. The highest BCUT2D eigenvalue weighted by Crippen LogP contribution is 2.34. The number of hydrogen-bond donors (Lipinski definition) is 2. The molecule has 1 aromatic heterocycles. The van der Waals surface area contributed by atoms with Crippen molar-refractivity contribution in [3.05, 3.63) is 76.6 Å². The largest absolute Gasteiger partial charge is 0.490 e. The summed E-state index contributed by atoms with van der Waals surface area (Å²) in [6.07, 6.45) is 3.52. The fourth-order valence-electron chi connectivity index (χ4n) is 6.16. The summed E-state index contributed by atoms with van der Waals surface area (Å²) < 4.78 is 17.7. The lowest BCUT2D eigenvalue weighted by molar-refractivity contribution is -0.910. The second kappa shape index (κ2) is 16.6. The van der Waals surface area contributed by atoms with E-state index in [1.165, 1.54) is 5.56 Å². The van der Waals surface area contributed by atoms with Gasteiger partial charge in [-0.25, -0.2) is 0 Å². The summed E-state index contributed by atoms with van der Waals surface area (Å²) in [5, 5.41) is 13.5. The fraction of sp³-hybridized carbons (Fsp3) is 0.500. The van der Waals surface area contributed by atoms with Gasteiger partial charge in [0.05, 0.1) is 20.3 Å². The number of aryl methyl sites for hydroxylation is 1. The molecule has 9 heteroatoms. The van der Waals surface area contributed by atoms with Crippen molar-refractivity contribution in [1.82, 2.24) is 10.2 Å². The molecule has 0 bridgehead atoms. The Labute approximate surface area is 268 Å². The molecule has 0 atom stereocenters. The van der Waals surface area contributed by atoms with Crippen LogP contribution in [0, 0.1) is 13.8 Å². The van der Waals surface area contributed by atoms with Crippen LogP contribution in [0.5, 0.6) is 5.75 Å². The zero-order chi connectivity index (χ0) is 32.3. The van der Waals surface area contributed by atoms with Crippen LogP contribution in [0.15, 0.2) is 48.7 Å². The Hall–Kier alpha value is -3.66. The molecule has 2 aliphatic heterocycles. The highest BCUT2D eigenvalue weighted by Gasteiger charge is 2.26. The standard InChI is InChI=1S/C34H44N4O5.C2H6/c1-5-37(29-10-14-42-15-11-29)31-20-28(27-8-6-26(7-9-27)23-36-12-16-43-17-13-36)19-30(25(31)3)34(39)35-21-32-33(41-4)18-24(2)22-38(32)40;1-2/h6-9,18-20,22,29H,5,10-17,21,23H2,1-4H3,(H-,35,39,40);1-2H3/p+1. The van der Waals surface area contributed by atoms with Crippen LogP contribution in [0.25, 0.3) is 11.1 Å². The van der Waals surface area contributed by atoms with E-state index in [1.807, 2.05) is 39.8 Å². The maximum atomic E-state index is 13.8. The highest BCUT2D eigenvalue weighted by atomic mass is 16.5. The summed E-state index contributed by atoms with van der Waals surface area (Å²) in [7, 11) is 1.56. The smallest absolute Gasteiger partial charge is 0.294 e. The summed E-state index contributed by atoms with van der Waals surface area (Å²) >= 11 is 0. The Kier molecular flexibility index (Phi) is 12.6. The number of nitrogens with one attached hydrogen (secondary N) is 1. The third kappa shape index (κ3) is 8.54. The highest BCUT2D eigenvalue weighted by molar-refractivity contribution is 5.99. The first-order chi connectivity index (χ1) is 21.9. The molecule has 0 spiro atoms. The zero-order valence-corrected chi connectivity index (χ0v) is 27.9. The van der Waals surface area contributed by atoms with Gasteiger partial charge in [0, 0.05) is 67.0 Å². The molecule has 0 aliphatic carbocycles. The lowest BCUT2D eigenvalue weighted by atomic mass is 9.94. The Morgan fingerprint density at radius 1 is 1.02 bits per heavy atom. The van der Waals surface area contributed by atoms with Gasteiger partial charge in [-0.05, 0) is 74.1 Å². The molecule has 5 rings (SSSR count). The molecule has 3 heterocycles. The number of nitrogens with zero attached hydrogens (tertiary/aromatic N) is 3. The Bertz CT molecular complexity index is 1400. The summed E-state index contributed by atoms with van der Waals surface area (Å²) in [4.78, 5) is 18.7. The van der Waals surface area contributed by atoms with Crippen LogP contribution in [0.3, 0.4) is 0 Å². The minimum atomic E-state index is -0.199. The number of rotatable bonds is 10. The molecule has 2 aromatic carbocycles. The number of morpholine rings is 1. The molecule has 2 saturated heterocycles. The van der Waals surface area contributed by atoms with Crippen molar-refractivity contribution >= 4 is 11.6 Å². The molecule has 0 radical (unpaired) electrons. The molecule has 0 saturated carbocycles. The van der Waals surface area contributed by atoms with Gasteiger partial charge >= 0.3 is 0 Å². The van der Waals surface area contributed by atoms with Gasteiger partial charge in [-0.1, -0.05) is 38.1 Å². The lowest BCUT2D eigenvalue weighted by Gasteiger charge is -2.37. The van der Waals surface area contributed by atoms with Crippen molar-refractivity contribution in [1.29, 1.82) is 0 Å². The molecule has 244 valence electrons. The maximum absolute atomic E-state index is 13.8. The van der Waals surface area contributed by atoms with E-state index < -0.39 is 0 Å². The van der Waals surface area contributed by atoms with E-state index in [4.69, 9.17) is 14.2 Å². The van der Waals surface area contributed by atoms with Gasteiger partial charge < -0.3 is 24.4 Å². The number of anilines is 1. The molecular weight excluding hydrogens is 568 g/mol. The van der Waals surface area contributed by atoms with Crippen molar-refractivity contribution in [2.24, 2.45) is 0 Å². The molecule has 9 nitrogen and oxygen atoms in total. The monoisotopic (exact) mass is 619 g/mol. The second-order valence-electron chi connectivity index (χ2n) is 11.4. The first-order valence-electron chi connectivity index (χ1n) is 16.3. The Balaban J connectivity index is 0.00000226. The van der Waals surface area contributed by atoms with Crippen LogP contribution in [0.2, 0.25) is 0 Å². The summed E-state index contributed by atoms with van der Waals surface area (Å²) in [5.74, 6) is 0.318. The van der Waals surface area contributed by atoms with Gasteiger partial charge in [0.15, 0.2) is 5.75 Å². The SMILES string of the molecule is CC.CCN(c1cc(-c2ccc(CN3CCOCC3)cc2)cc(C(=O)NCc2c(OC)cc(C)c[n+]2O)c1C)C1CCOCC1. The minimum Gasteiger partial charge on any atom is -0.490 e. The van der Waals surface area contributed by atoms with E-state index in [2.05, 4.69) is 52.4 Å². The van der Waals surface area contributed by atoms with Crippen LogP contribution in [0.4, 0.5) is 5.69 Å². The number of hydrogen-bond acceptors (Lipinski definition) is 7. The molecular formula is C36H51N4O5+. The van der Waals surface area contributed by atoms with Crippen LogP contribution < -0.4 is 19.7 Å². The number of benzene rings is 2. The summed E-state index contributed by atoms with van der Waals surface area (Å²) in [6, 6.07) is 15.1. The quantitative estimate of drug-likeness (QED) is 0.235. The number of ether oxygens (including phenoxy) is 3. The Morgan fingerprint density at radius 3 is 2.33 bits per heavy atom. The molecule has 45 heavy (non-hydrogen) atoms. The zero-order valence-electron chi connectivity index (χ0n) is 27.9. The van der Waals surface area contributed by atoms with Gasteiger partial charge in [0.25, 0.3) is 11.6 Å². The van der Waals surface area contributed by atoms with Crippen molar-refractivity contribution in [3.8, 4) is 16.9 Å². The third-order valence-electron chi connectivity index (χ3n) is 8.59. The second-order valence-corrected chi connectivity index (χ2v) is 11.4. The molecule has 1 amide bonds. The van der Waals surface area contributed by atoms with E-state index in [0.29, 0.717) is 23.0 Å². The number of pyridine rings is 1. The first kappa shape index (κ1) is 34.2. The molecule has 3 aromatic rings. The summed E-state index contributed by atoms with van der Waals surface area (Å²) in [6.45, 7) is 16.9. The number of carbonyl (C=O) groups excluding carboxylic acids is 1. The van der Waals surface area contributed by atoms with E-state index >= 15 is 0 Å². The van der Waals surface area contributed by atoms with E-state index in [9.17, 15) is 10.0 Å². The first-order valence-corrected chi connectivity index (χ1v) is 16.3. The van der Waals surface area contributed by atoms with Gasteiger partial charge in [-0.3, -0.25) is 14.9 Å². The predicted molar refractivity (Wildman–Crippen MR) is 177 cm³/mol. The number of methoxy groups -OCH3 is 1. The van der Waals surface area contributed by atoms with E-state index in [1.54, 1.807) is 13.3 Å². The predicted octanol–water partition coefficient (Wildman–Crippen LogP) is 5.30. The number of aromatic nitrogens is 1. The topological polar surface area (TPSA) is 87.4 Å². The van der Waals surface area contributed by atoms with Crippen molar-refractivity contribution in [3.63, 3.8) is 0 Å².